The number of carboxylic acids is 1. The predicted molar refractivity (Wildman–Crippen MR) is 64.2 cm³/mol. The number of ether oxygens (including phenoxy) is 1. The van der Waals surface area contributed by atoms with Crippen LogP contribution in [-0.2, 0) is 0 Å². The summed E-state index contributed by atoms with van der Waals surface area (Å²) >= 11 is 0. The van der Waals surface area contributed by atoms with Gasteiger partial charge in [0.2, 0.25) is 0 Å². The zero-order valence-corrected chi connectivity index (χ0v) is 9.41. The Bertz CT molecular complexity index is 413. The van der Waals surface area contributed by atoms with Crippen molar-refractivity contribution in [2.45, 2.75) is 0 Å². The number of carboxylic acid groups (broad SMARTS) is 1. The second-order valence-electron chi connectivity index (χ2n) is 3.06. The molecule has 0 bridgehead atoms. The highest BCUT2D eigenvalue weighted by Gasteiger charge is 2.00. The first kappa shape index (κ1) is 12.7. The van der Waals surface area contributed by atoms with E-state index in [1.165, 1.54) is 19.2 Å². The van der Waals surface area contributed by atoms with Gasteiger partial charge in [-0.3, -0.25) is 4.98 Å². The summed E-state index contributed by atoms with van der Waals surface area (Å²) in [6.45, 7) is 0. The Labute approximate surface area is 99.5 Å². The number of hydrogen-bond acceptors (Lipinski definition) is 3. The van der Waals surface area contributed by atoms with Gasteiger partial charge in [-0.25, -0.2) is 4.79 Å². The third kappa shape index (κ3) is 4.79. The molecule has 0 unspecified atom stereocenters. The normalized spacial score (nSPS) is 8.76. The van der Waals surface area contributed by atoms with Crippen molar-refractivity contribution in [3.63, 3.8) is 0 Å². The van der Waals surface area contributed by atoms with Gasteiger partial charge in [-0.2, -0.15) is 0 Å². The molecule has 0 atom stereocenters. The van der Waals surface area contributed by atoms with Gasteiger partial charge in [0, 0.05) is 12.4 Å². The molecule has 1 aromatic heterocycles. The third-order valence-electron chi connectivity index (χ3n) is 1.90. The minimum atomic E-state index is -0.923. The molecule has 4 nitrogen and oxygen atoms in total. The number of methoxy groups -OCH3 is 1. The fraction of sp³-hybridized carbons (Fsp3) is 0.0769. The van der Waals surface area contributed by atoms with Crippen LogP contribution in [0.2, 0.25) is 0 Å². The molecular weight excluding hydrogens is 218 g/mol. The van der Waals surface area contributed by atoms with Crippen molar-refractivity contribution >= 4 is 5.97 Å². The summed E-state index contributed by atoms with van der Waals surface area (Å²) in [4.78, 5) is 14.1. The van der Waals surface area contributed by atoms with Crippen LogP contribution in [-0.4, -0.2) is 23.2 Å². The van der Waals surface area contributed by atoms with Crippen LogP contribution in [0.25, 0.3) is 0 Å². The van der Waals surface area contributed by atoms with Crippen LogP contribution in [0.5, 0.6) is 5.75 Å². The number of benzene rings is 1. The van der Waals surface area contributed by atoms with Crippen molar-refractivity contribution in [3.05, 3.63) is 60.4 Å². The van der Waals surface area contributed by atoms with E-state index in [9.17, 15) is 4.79 Å². The number of nitrogens with zero attached hydrogens (tertiary/aromatic N) is 1. The number of carbonyl (C=O) groups is 1. The maximum absolute atomic E-state index is 10.4. The second kappa shape index (κ2) is 7.00. The fourth-order valence-electron chi connectivity index (χ4n) is 1.05. The standard InChI is InChI=1S/C8H8O3.C5H5N/c1-11-7-4-2-6(3-5-7)8(9)10;1-2-4-6-5-3-1/h2-5H,1H3,(H,9,10);1-5H. The van der Waals surface area contributed by atoms with E-state index in [-0.39, 0.29) is 5.56 Å². The highest BCUT2D eigenvalue weighted by Crippen LogP contribution is 2.10. The Morgan fingerprint density at radius 3 is 2.00 bits per heavy atom. The summed E-state index contributed by atoms with van der Waals surface area (Å²) in [7, 11) is 1.54. The molecule has 0 saturated heterocycles. The molecule has 2 aromatic rings. The van der Waals surface area contributed by atoms with Gasteiger partial charge in [-0.15, -0.1) is 0 Å². The lowest BCUT2D eigenvalue weighted by atomic mass is 10.2. The number of rotatable bonds is 2. The maximum Gasteiger partial charge on any atom is 0.335 e. The summed E-state index contributed by atoms with van der Waals surface area (Å²) in [6, 6.07) is 11.9. The highest BCUT2D eigenvalue weighted by molar-refractivity contribution is 5.87. The van der Waals surface area contributed by atoms with Crippen LogP contribution in [0, 0.1) is 0 Å². The molecular formula is C13H13NO3. The first-order valence-corrected chi connectivity index (χ1v) is 4.96. The van der Waals surface area contributed by atoms with Gasteiger partial charge in [0.25, 0.3) is 0 Å². The third-order valence-corrected chi connectivity index (χ3v) is 1.90. The van der Waals surface area contributed by atoms with Gasteiger partial charge < -0.3 is 9.84 Å². The van der Waals surface area contributed by atoms with Crippen molar-refractivity contribution in [1.82, 2.24) is 4.98 Å². The zero-order chi connectivity index (χ0) is 12.5. The molecule has 4 heteroatoms. The first-order valence-electron chi connectivity index (χ1n) is 4.96. The first-order chi connectivity index (χ1) is 8.24. The van der Waals surface area contributed by atoms with E-state index >= 15 is 0 Å². The van der Waals surface area contributed by atoms with Gasteiger partial charge in [-0.05, 0) is 36.4 Å². The number of hydrogen-bond donors (Lipinski definition) is 1. The van der Waals surface area contributed by atoms with Crippen LogP contribution in [0.1, 0.15) is 10.4 Å². The summed E-state index contributed by atoms with van der Waals surface area (Å²) in [5.41, 5.74) is 0.269. The number of aromatic nitrogens is 1. The molecule has 0 amide bonds. The van der Waals surface area contributed by atoms with E-state index in [4.69, 9.17) is 9.84 Å². The predicted octanol–water partition coefficient (Wildman–Crippen LogP) is 2.48. The number of pyridine rings is 1. The Morgan fingerprint density at radius 2 is 1.71 bits per heavy atom. The van der Waals surface area contributed by atoms with Crippen molar-refractivity contribution < 1.29 is 14.6 Å². The Hall–Kier alpha value is -2.36. The topological polar surface area (TPSA) is 59.4 Å². The highest BCUT2D eigenvalue weighted by atomic mass is 16.5. The molecule has 0 radical (unpaired) electrons. The average Bonchev–Trinajstić information content (AvgIpc) is 2.41. The molecule has 0 aliphatic heterocycles. The van der Waals surface area contributed by atoms with E-state index in [0.717, 1.165) is 0 Å². The SMILES string of the molecule is COc1ccc(C(=O)O)cc1.c1ccncc1. The van der Waals surface area contributed by atoms with E-state index in [1.807, 2.05) is 18.2 Å². The van der Waals surface area contributed by atoms with E-state index in [2.05, 4.69) is 4.98 Å². The lowest BCUT2D eigenvalue weighted by Gasteiger charge is -1.98. The second-order valence-corrected chi connectivity index (χ2v) is 3.06. The summed E-state index contributed by atoms with van der Waals surface area (Å²) < 4.78 is 4.86. The molecule has 0 spiro atoms. The Morgan fingerprint density at radius 1 is 1.12 bits per heavy atom. The van der Waals surface area contributed by atoms with Gasteiger partial charge in [0.05, 0.1) is 12.7 Å². The van der Waals surface area contributed by atoms with Crippen LogP contribution in [0.4, 0.5) is 0 Å². The van der Waals surface area contributed by atoms with Crippen LogP contribution >= 0.6 is 0 Å². The monoisotopic (exact) mass is 231 g/mol. The molecule has 1 aromatic carbocycles. The minimum Gasteiger partial charge on any atom is -0.497 e. The maximum atomic E-state index is 10.4. The smallest absolute Gasteiger partial charge is 0.335 e. The summed E-state index contributed by atoms with van der Waals surface area (Å²) in [6.07, 6.45) is 3.50. The molecule has 0 saturated carbocycles. The van der Waals surface area contributed by atoms with Crippen LogP contribution in [0.3, 0.4) is 0 Å². The lowest BCUT2D eigenvalue weighted by molar-refractivity contribution is 0.0697. The van der Waals surface area contributed by atoms with E-state index in [0.29, 0.717) is 5.75 Å². The van der Waals surface area contributed by atoms with Gasteiger partial charge in [0.1, 0.15) is 5.75 Å². The summed E-state index contributed by atoms with van der Waals surface area (Å²) in [5.74, 6) is -0.261. The van der Waals surface area contributed by atoms with Gasteiger partial charge >= 0.3 is 5.97 Å². The van der Waals surface area contributed by atoms with Crippen molar-refractivity contribution in [1.29, 1.82) is 0 Å². The molecule has 2 rings (SSSR count). The molecule has 0 aliphatic carbocycles. The molecule has 0 aliphatic rings. The molecule has 1 heterocycles. The van der Waals surface area contributed by atoms with Gasteiger partial charge in [-0.1, -0.05) is 6.07 Å². The average molecular weight is 231 g/mol. The Balaban J connectivity index is 0.000000202. The molecule has 1 N–H and O–H groups in total. The Kier molecular flexibility index (Phi) is 5.24. The molecule has 0 fully saturated rings. The largest absolute Gasteiger partial charge is 0.497 e. The van der Waals surface area contributed by atoms with Crippen molar-refractivity contribution in [3.8, 4) is 5.75 Å². The zero-order valence-electron chi connectivity index (χ0n) is 9.41. The van der Waals surface area contributed by atoms with Crippen molar-refractivity contribution in [2.24, 2.45) is 0 Å². The van der Waals surface area contributed by atoms with E-state index in [1.54, 1.807) is 24.5 Å². The van der Waals surface area contributed by atoms with Crippen LogP contribution in [0.15, 0.2) is 54.9 Å². The lowest BCUT2D eigenvalue weighted by Crippen LogP contribution is -1.95. The minimum absolute atomic E-state index is 0.269. The quantitative estimate of drug-likeness (QED) is 0.862. The fourth-order valence-corrected chi connectivity index (χ4v) is 1.05. The van der Waals surface area contributed by atoms with Gasteiger partial charge in [0.15, 0.2) is 0 Å². The summed E-state index contributed by atoms with van der Waals surface area (Å²) in [5, 5.41) is 8.51. The van der Waals surface area contributed by atoms with E-state index < -0.39 is 5.97 Å². The molecule has 88 valence electrons. The number of aromatic carboxylic acids is 1. The van der Waals surface area contributed by atoms with Crippen LogP contribution < -0.4 is 4.74 Å². The van der Waals surface area contributed by atoms with Crippen molar-refractivity contribution in [2.75, 3.05) is 7.11 Å². The molecule has 17 heavy (non-hydrogen) atoms.